The Hall–Kier alpha value is -1.77. The Morgan fingerprint density at radius 3 is 2.28 bits per heavy atom. The van der Waals surface area contributed by atoms with Crippen LogP contribution in [0.4, 0.5) is 0 Å². The van der Waals surface area contributed by atoms with Crippen molar-refractivity contribution in [2.75, 3.05) is 6.61 Å². The quantitative estimate of drug-likeness (QED) is 0.342. The van der Waals surface area contributed by atoms with Gasteiger partial charge in [-0.15, -0.1) is 0 Å². The number of benzene rings is 2. The van der Waals surface area contributed by atoms with Crippen LogP contribution in [0.2, 0.25) is 0 Å². The lowest BCUT2D eigenvalue weighted by Crippen LogP contribution is -2.07. The predicted octanol–water partition coefficient (Wildman–Crippen LogP) is 6.41. The standard InChI is InChI=1S/C20H27O4P/c1-3-5-6-12-17-22-25(21,23-19-14-8-7-9-15-19)24-20-16-11-10-13-18(20)4-2/h7-11,13-16H,3-6,12,17H2,1-2H3. The Morgan fingerprint density at radius 2 is 1.56 bits per heavy atom. The van der Waals surface area contributed by atoms with E-state index in [2.05, 4.69) is 6.92 Å². The van der Waals surface area contributed by atoms with Gasteiger partial charge in [0.05, 0.1) is 6.61 Å². The van der Waals surface area contributed by atoms with E-state index in [1.54, 1.807) is 18.2 Å². The van der Waals surface area contributed by atoms with Gasteiger partial charge in [-0.25, -0.2) is 4.57 Å². The van der Waals surface area contributed by atoms with E-state index in [-0.39, 0.29) is 0 Å². The number of hydrogen-bond acceptors (Lipinski definition) is 4. The molecule has 2 aromatic rings. The summed E-state index contributed by atoms with van der Waals surface area (Å²) in [4.78, 5) is 0. The number of phosphoric ester groups is 1. The first kappa shape index (κ1) is 19.6. The van der Waals surface area contributed by atoms with E-state index < -0.39 is 7.82 Å². The fourth-order valence-electron chi connectivity index (χ4n) is 2.39. The number of rotatable bonds is 11. The molecule has 0 amide bonds. The summed E-state index contributed by atoms with van der Waals surface area (Å²) in [7, 11) is -3.75. The van der Waals surface area contributed by atoms with Gasteiger partial charge in [0.25, 0.3) is 0 Å². The van der Waals surface area contributed by atoms with Crippen molar-refractivity contribution >= 4 is 7.82 Å². The summed E-state index contributed by atoms with van der Waals surface area (Å²) in [5.41, 5.74) is 0.967. The molecule has 0 N–H and O–H groups in total. The molecule has 0 bridgehead atoms. The van der Waals surface area contributed by atoms with Crippen LogP contribution in [0, 0.1) is 0 Å². The number of hydrogen-bond donors (Lipinski definition) is 0. The van der Waals surface area contributed by atoms with Crippen molar-refractivity contribution in [3.8, 4) is 11.5 Å². The molecule has 0 aliphatic rings. The highest BCUT2D eigenvalue weighted by Gasteiger charge is 2.31. The molecule has 25 heavy (non-hydrogen) atoms. The Kier molecular flexibility index (Phi) is 8.03. The highest BCUT2D eigenvalue weighted by Crippen LogP contribution is 2.50. The van der Waals surface area contributed by atoms with E-state index in [9.17, 15) is 4.57 Å². The maximum atomic E-state index is 13.2. The van der Waals surface area contributed by atoms with Crippen molar-refractivity contribution in [2.24, 2.45) is 0 Å². The first-order chi connectivity index (χ1) is 12.2. The van der Waals surface area contributed by atoms with Gasteiger partial charge in [0, 0.05) is 0 Å². The number of aryl methyl sites for hydroxylation is 1. The fraction of sp³-hybridized carbons (Fsp3) is 0.400. The average molecular weight is 362 g/mol. The molecule has 0 saturated carbocycles. The fourth-order valence-corrected chi connectivity index (χ4v) is 3.69. The summed E-state index contributed by atoms with van der Waals surface area (Å²) < 4.78 is 30.1. The molecule has 0 heterocycles. The van der Waals surface area contributed by atoms with E-state index in [1.165, 1.54) is 0 Å². The lowest BCUT2D eigenvalue weighted by atomic mass is 10.1. The molecule has 136 valence electrons. The smallest absolute Gasteiger partial charge is 0.395 e. The van der Waals surface area contributed by atoms with Gasteiger partial charge in [-0.1, -0.05) is 69.5 Å². The molecule has 0 aliphatic carbocycles. The molecule has 0 saturated heterocycles. The minimum absolute atomic E-state index is 0.346. The van der Waals surface area contributed by atoms with Crippen LogP contribution in [-0.4, -0.2) is 6.61 Å². The van der Waals surface area contributed by atoms with Crippen molar-refractivity contribution in [1.29, 1.82) is 0 Å². The van der Waals surface area contributed by atoms with Gasteiger partial charge in [-0.05, 0) is 36.6 Å². The lowest BCUT2D eigenvalue weighted by molar-refractivity contribution is 0.205. The van der Waals surface area contributed by atoms with Gasteiger partial charge < -0.3 is 9.05 Å². The van der Waals surface area contributed by atoms with Crippen LogP contribution in [-0.2, 0) is 15.5 Å². The minimum atomic E-state index is -3.75. The SMILES string of the molecule is CCCCCCOP(=O)(Oc1ccccc1)Oc1ccccc1CC. The third kappa shape index (κ3) is 6.56. The third-order valence-electron chi connectivity index (χ3n) is 3.77. The molecule has 5 heteroatoms. The zero-order chi connectivity index (χ0) is 18.0. The molecule has 0 fully saturated rings. The summed E-state index contributed by atoms with van der Waals surface area (Å²) in [6.45, 7) is 4.52. The van der Waals surface area contributed by atoms with E-state index in [0.29, 0.717) is 18.1 Å². The van der Waals surface area contributed by atoms with Crippen molar-refractivity contribution in [2.45, 2.75) is 46.0 Å². The van der Waals surface area contributed by atoms with Crippen molar-refractivity contribution in [3.63, 3.8) is 0 Å². The molecule has 0 aromatic heterocycles. The molecule has 0 spiro atoms. The largest absolute Gasteiger partial charge is 0.587 e. The van der Waals surface area contributed by atoms with Crippen molar-refractivity contribution in [1.82, 2.24) is 0 Å². The first-order valence-electron chi connectivity index (χ1n) is 8.93. The van der Waals surface area contributed by atoms with E-state index in [4.69, 9.17) is 13.6 Å². The van der Waals surface area contributed by atoms with Gasteiger partial charge in [0.15, 0.2) is 0 Å². The van der Waals surface area contributed by atoms with E-state index >= 15 is 0 Å². The van der Waals surface area contributed by atoms with E-state index in [1.807, 2.05) is 43.3 Å². The minimum Gasteiger partial charge on any atom is -0.395 e. The summed E-state index contributed by atoms with van der Waals surface area (Å²) in [6, 6.07) is 16.5. The van der Waals surface area contributed by atoms with Crippen LogP contribution in [0.3, 0.4) is 0 Å². The van der Waals surface area contributed by atoms with Crippen LogP contribution < -0.4 is 9.05 Å². The van der Waals surface area contributed by atoms with Gasteiger partial charge in [-0.3, -0.25) is 4.52 Å². The first-order valence-corrected chi connectivity index (χ1v) is 10.4. The molecule has 0 aliphatic heterocycles. The van der Waals surface area contributed by atoms with Crippen LogP contribution in [0.15, 0.2) is 54.6 Å². The second-order valence-electron chi connectivity index (χ2n) is 5.80. The maximum absolute atomic E-state index is 13.2. The molecule has 2 aromatic carbocycles. The number of para-hydroxylation sites is 2. The lowest BCUT2D eigenvalue weighted by Gasteiger charge is -2.20. The van der Waals surface area contributed by atoms with Gasteiger partial charge in [0.2, 0.25) is 0 Å². The summed E-state index contributed by atoms with van der Waals surface area (Å²) in [6.07, 6.45) is 4.91. The highest BCUT2D eigenvalue weighted by molar-refractivity contribution is 7.49. The van der Waals surface area contributed by atoms with Crippen LogP contribution in [0.1, 0.15) is 45.1 Å². The van der Waals surface area contributed by atoms with Gasteiger partial charge in [0.1, 0.15) is 11.5 Å². The Bertz CT molecular complexity index is 672. The van der Waals surface area contributed by atoms with Gasteiger partial charge >= 0.3 is 7.82 Å². The van der Waals surface area contributed by atoms with Crippen molar-refractivity contribution in [3.05, 3.63) is 60.2 Å². The zero-order valence-corrected chi connectivity index (χ0v) is 15.9. The predicted molar refractivity (Wildman–Crippen MR) is 101 cm³/mol. The highest BCUT2D eigenvalue weighted by atomic mass is 31.2. The zero-order valence-electron chi connectivity index (χ0n) is 15.0. The molecule has 2 rings (SSSR count). The monoisotopic (exact) mass is 362 g/mol. The number of unbranched alkanes of at least 4 members (excludes halogenated alkanes) is 3. The second kappa shape index (κ2) is 10.3. The molecule has 1 atom stereocenters. The third-order valence-corrected chi connectivity index (χ3v) is 5.12. The maximum Gasteiger partial charge on any atom is 0.587 e. The summed E-state index contributed by atoms with van der Waals surface area (Å²) >= 11 is 0. The normalized spacial score (nSPS) is 13.2. The van der Waals surface area contributed by atoms with Crippen molar-refractivity contribution < 1.29 is 18.1 Å². The molecule has 4 nitrogen and oxygen atoms in total. The molecule has 1 unspecified atom stereocenters. The van der Waals surface area contributed by atoms with Crippen LogP contribution >= 0.6 is 7.82 Å². The Morgan fingerprint density at radius 1 is 0.840 bits per heavy atom. The van der Waals surface area contributed by atoms with E-state index in [0.717, 1.165) is 37.7 Å². The van der Waals surface area contributed by atoms with Crippen LogP contribution in [0.25, 0.3) is 0 Å². The van der Waals surface area contributed by atoms with Gasteiger partial charge in [-0.2, -0.15) is 0 Å². The summed E-state index contributed by atoms with van der Waals surface area (Å²) in [5, 5.41) is 0. The molecule has 0 radical (unpaired) electrons. The Labute approximate surface area is 150 Å². The second-order valence-corrected chi connectivity index (χ2v) is 7.32. The topological polar surface area (TPSA) is 44.8 Å². The number of phosphoric acid groups is 1. The molecular weight excluding hydrogens is 335 g/mol. The average Bonchev–Trinajstić information content (AvgIpc) is 2.63. The summed E-state index contributed by atoms with van der Waals surface area (Å²) in [5.74, 6) is 1.01. The molecular formula is C20H27O4P. The van der Waals surface area contributed by atoms with Crippen LogP contribution in [0.5, 0.6) is 11.5 Å². The Balaban J connectivity index is 2.11.